The summed E-state index contributed by atoms with van der Waals surface area (Å²) in [6.07, 6.45) is 8.82. The van der Waals surface area contributed by atoms with Crippen molar-refractivity contribution in [3.63, 3.8) is 0 Å². The van der Waals surface area contributed by atoms with Crippen molar-refractivity contribution in [3.8, 4) is 0 Å². The molecule has 15 heavy (non-hydrogen) atoms. The molecule has 0 bridgehead atoms. The molecule has 0 atom stereocenters. The minimum Gasteiger partial charge on any atom is -0.0870 e. The topological polar surface area (TPSA) is 0 Å². The van der Waals surface area contributed by atoms with Gasteiger partial charge in [-0.2, -0.15) is 0 Å². The van der Waals surface area contributed by atoms with E-state index in [1.54, 1.807) is 0 Å². The zero-order valence-corrected chi connectivity index (χ0v) is 10.8. The summed E-state index contributed by atoms with van der Waals surface area (Å²) in [5.41, 5.74) is 5.92. The van der Waals surface area contributed by atoms with Gasteiger partial charge in [0, 0.05) is 5.41 Å². The maximum Gasteiger partial charge on any atom is 0.0114 e. The molecule has 0 aliphatic heterocycles. The van der Waals surface area contributed by atoms with Crippen LogP contribution in [-0.4, -0.2) is 0 Å². The Balaban J connectivity index is 3.43. The molecule has 0 N–H and O–H groups in total. The van der Waals surface area contributed by atoms with Crippen LogP contribution < -0.4 is 0 Å². The summed E-state index contributed by atoms with van der Waals surface area (Å²) in [5, 5.41) is 0. The fourth-order valence-electron chi connectivity index (χ4n) is 2.43. The highest BCUT2D eigenvalue weighted by Crippen LogP contribution is 2.49. The lowest BCUT2D eigenvalue weighted by Crippen LogP contribution is -2.11. The molecule has 0 aromatic heterocycles. The van der Waals surface area contributed by atoms with E-state index >= 15 is 0 Å². The van der Waals surface area contributed by atoms with Crippen molar-refractivity contribution >= 4 is 0 Å². The van der Waals surface area contributed by atoms with Crippen LogP contribution in [0.25, 0.3) is 0 Å². The molecule has 82 valence electrons. The van der Waals surface area contributed by atoms with Crippen LogP contribution in [0.4, 0.5) is 0 Å². The van der Waals surface area contributed by atoms with E-state index in [4.69, 9.17) is 0 Å². The van der Waals surface area contributed by atoms with Gasteiger partial charge in [0.05, 0.1) is 0 Å². The van der Waals surface area contributed by atoms with Crippen LogP contribution in [0.2, 0.25) is 0 Å². The fourth-order valence-corrected chi connectivity index (χ4v) is 2.43. The number of allylic oxidation sites excluding steroid dienone is 8. The molecule has 0 amide bonds. The predicted octanol–water partition coefficient (Wildman–Crippen LogP) is 4.81. The van der Waals surface area contributed by atoms with Gasteiger partial charge in [-0.3, -0.25) is 0 Å². The molecule has 0 aromatic carbocycles. The molecule has 0 heteroatoms. The predicted molar refractivity (Wildman–Crippen MR) is 68.8 cm³/mol. The van der Waals surface area contributed by atoms with Crippen LogP contribution in [0.3, 0.4) is 0 Å². The summed E-state index contributed by atoms with van der Waals surface area (Å²) in [6, 6.07) is 0. The highest BCUT2D eigenvalue weighted by molar-refractivity contribution is 5.64. The Morgan fingerprint density at radius 3 is 2.00 bits per heavy atom. The molecule has 0 radical (unpaired) electrons. The summed E-state index contributed by atoms with van der Waals surface area (Å²) in [4.78, 5) is 0. The molecule has 0 spiro atoms. The Morgan fingerprint density at radius 1 is 1.00 bits per heavy atom. The van der Waals surface area contributed by atoms with Crippen LogP contribution in [0.5, 0.6) is 0 Å². The third kappa shape index (κ3) is 1.73. The van der Waals surface area contributed by atoms with E-state index in [1.807, 2.05) is 0 Å². The van der Waals surface area contributed by atoms with Gasteiger partial charge in [-0.25, -0.2) is 0 Å². The second-order valence-corrected chi connectivity index (χ2v) is 4.57. The van der Waals surface area contributed by atoms with Gasteiger partial charge >= 0.3 is 0 Å². The molecule has 1 rings (SSSR count). The molecule has 0 nitrogen and oxygen atoms in total. The lowest BCUT2D eigenvalue weighted by molar-refractivity contribution is 0.564. The Bertz CT molecular complexity index is 371. The van der Waals surface area contributed by atoms with Crippen molar-refractivity contribution < 1.29 is 0 Å². The molecule has 0 saturated heterocycles. The minimum absolute atomic E-state index is 0.186. The Labute approximate surface area is 94.1 Å². The summed E-state index contributed by atoms with van der Waals surface area (Å²) in [6.45, 7) is 13.2. The first kappa shape index (κ1) is 12.0. The zero-order valence-electron chi connectivity index (χ0n) is 10.8. The highest BCUT2D eigenvalue weighted by atomic mass is 14.4. The summed E-state index contributed by atoms with van der Waals surface area (Å²) in [7, 11) is 0. The van der Waals surface area contributed by atoms with E-state index in [1.165, 1.54) is 22.3 Å². The average Bonchev–Trinajstić information content (AvgIpc) is 2.38. The molecule has 0 fully saturated rings. The fraction of sp³-hybridized carbons (Fsp3) is 0.467. The summed E-state index contributed by atoms with van der Waals surface area (Å²) in [5.74, 6) is 0. The molecule has 0 heterocycles. The first-order valence-corrected chi connectivity index (χ1v) is 5.68. The standard InChI is InChI=1S/C15H22/c1-7-10-13-11(4)15(5,6)14(9-3)12(13)8-2/h7-10H,1-6H3/b10-7-,12-8-,14-9+. The minimum atomic E-state index is 0.186. The normalized spacial score (nSPS) is 26.3. The maximum atomic E-state index is 2.30. The summed E-state index contributed by atoms with van der Waals surface area (Å²) >= 11 is 0. The van der Waals surface area contributed by atoms with E-state index in [0.717, 1.165) is 0 Å². The van der Waals surface area contributed by atoms with Crippen molar-refractivity contribution in [2.45, 2.75) is 41.5 Å². The van der Waals surface area contributed by atoms with Crippen molar-refractivity contribution in [1.29, 1.82) is 0 Å². The number of hydrogen-bond donors (Lipinski definition) is 0. The molecular weight excluding hydrogens is 180 g/mol. The van der Waals surface area contributed by atoms with Gasteiger partial charge in [0.15, 0.2) is 0 Å². The van der Waals surface area contributed by atoms with Crippen molar-refractivity contribution in [2.75, 3.05) is 0 Å². The largest absolute Gasteiger partial charge is 0.0870 e. The third-order valence-corrected chi connectivity index (χ3v) is 3.51. The number of hydrogen-bond acceptors (Lipinski definition) is 0. The second-order valence-electron chi connectivity index (χ2n) is 4.57. The van der Waals surface area contributed by atoms with Crippen LogP contribution in [0.15, 0.2) is 46.6 Å². The molecule has 0 saturated carbocycles. The van der Waals surface area contributed by atoms with Gasteiger partial charge in [0.1, 0.15) is 0 Å². The van der Waals surface area contributed by atoms with E-state index in [2.05, 4.69) is 65.8 Å². The Morgan fingerprint density at radius 2 is 1.60 bits per heavy atom. The van der Waals surface area contributed by atoms with Crippen LogP contribution >= 0.6 is 0 Å². The van der Waals surface area contributed by atoms with Gasteiger partial charge in [-0.15, -0.1) is 0 Å². The molecule has 0 aromatic rings. The quantitative estimate of drug-likeness (QED) is 0.572. The van der Waals surface area contributed by atoms with Crippen molar-refractivity contribution in [3.05, 3.63) is 46.6 Å². The molecule has 1 aliphatic carbocycles. The van der Waals surface area contributed by atoms with Gasteiger partial charge in [0.25, 0.3) is 0 Å². The van der Waals surface area contributed by atoms with Crippen molar-refractivity contribution in [1.82, 2.24) is 0 Å². The monoisotopic (exact) mass is 202 g/mol. The highest BCUT2D eigenvalue weighted by Gasteiger charge is 2.35. The van der Waals surface area contributed by atoms with E-state index in [9.17, 15) is 0 Å². The van der Waals surface area contributed by atoms with Crippen LogP contribution in [-0.2, 0) is 0 Å². The number of rotatable bonds is 1. The van der Waals surface area contributed by atoms with E-state index < -0.39 is 0 Å². The van der Waals surface area contributed by atoms with Crippen molar-refractivity contribution in [2.24, 2.45) is 5.41 Å². The lowest BCUT2D eigenvalue weighted by Gasteiger charge is -2.22. The SMILES string of the molecule is C/C=C\C1=C(C)C(C)(C)C(=C/C)/C1=C\C. The van der Waals surface area contributed by atoms with E-state index in [-0.39, 0.29) is 5.41 Å². The van der Waals surface area contributed by atoms with Gasteiger partial charge in [0.2, 0.25) is 0 Å². The second kappa shape index (κ2) is 4.22. The molecule has 1 aliphatic rings. The smallest absolute Gasteiger partial charge is 0.0114 e. The molecule has 0 unspecified atom stereocenters. The van der Waals surface area contributed by atoms with E-state index in [0.29, 0.717) is 0 Å². The Kier molecular flexibility index (Phi) is 3.38. The zero-order chi connectivity index (χ0) is 11.6. The third-order valence-electron chi connectivity index (χ3n) is 3.51. The van der Waals surface area contributed by atoms with Gasteiger partial charge in [-0.05, 0) is 44.4 Å². The maximum absolute atomic E-state index is 2.30. The van der Waals surface area contributed by atoms with Gasteiger partial charge in [-0.1, -0.05) is 43.7 Å². The first-order chi connectivity index (χ1) is 7.00. The van der Waals surface area contributed by atoms with Crippen LogP contribution in [0.1, 0.15) is 41.5 Å². The van der Waals surface area contributed by atoms with Crippen LogP contribution in [0, 0.1) is 5.41 Å². The van der Waals surface area contributed by atoms with Gasteiger partial charge < -0.3 is 0 Å². The lowest BCUT2D eigenvalue weighted by atomic mass is 9.81. The molecular formula is C15H22. The first-order valence-electron chi connectivity index (χ1n) is 5.68. The average molecular weight is 202 g/mol. The Hall–Kier alpha value is -1.04. The summed E-state index contributed by atoms with van der Waals surface area (Å²) < 4.78 is 0.